The number of hydrogen-bond acceptors (Lipinski definition) is 2. The van der Waals surface area contributed by atoms with Crippen LogP contribution in [0.25, 0.3) is 0 Å². The van der Waals surface area contributed by atoms with Crippen LogP contribution in [0.2, 0.25) is 0 Å². The molecule has 3 atom stereocenters. The van der Waals surface area contributed by atoms with Gasteiger partial charge in [0.2, 0.25) is 0 Å². The van der Waals surface area contributed by atoms with E-state index in [0.717, 1.165) is 30.3 Å². The summed E-state index contributed by atoms with van der Waals surface area (Å²) in [6.45, 7) is 12.2. The van der Waals surface area contributed by atoms with Gasteiger partial charge in [-0.15, -0.1) is 0 Å². The first-order chi connectivity index (χ1) is 8.69. The average Bonchev–Trinajstić information content (AvgIpc) is 2.36. The lowest BCUT2D eigenvalue weighted by Gasteiger charge is -2.40. The highest BCUT2D eigenvalue weighted by Crippen LogP contribution is 2.30. The van der Waals surface area contributed by atoms with E-state index in [1.807, 2.05) is 0 Å². The van der Waals surface area contributed by atoms with Crippen LogP contribution >= 0.6 is 0 Å². The van der Waals surface area contributed by atoms with Gasteiger partial charge in [-0.1, -0.05) is 20.8 Å². The van der Waals surface area contributed by atoms with Crippen molar-refractivity contribution in [3.05, 3.63) is 0 Å². The predicted octanol–water partition coefficient (Wildman–Crippen LogP) is 3.13. The van der Waals surface area contributed by atoms with Crippen molar-refractivity contribution in [3.8, 4) is 0 Å². The van der Waals surface area contributed by atoms with Crippen LogP contribution in [0.1, 0.15) is 52.9 Å². The summed E-state index contributed by atoms with van der Waals surface area (Å²) in [5.74, 6) is 2.78. The maximum atomic E-state index is 3.73. The Bertz CT molecular complexity index is 233. The maximum absolute atomic E-state index is 3.73. The first kappa shape index (κ1) is 14.3. The van der Waals surface area contributed by atoms with E-state index in [1.165, 1.54) is 51.7 Å². The van der Waals surface area contributed by atoms with Crippen molar-refractivity contribution in [2.75, 3.05) is 26.2 Å². The van der Waals surface area contributed by atoms with Gasteiger partial charge in [-0.3, -0.25) is 0 Å². The van der Waals surface area contributed by atoms with Crippen molar-refractivity contribution in [2.45, 2.75) is 58.9 Å². The van der Waals surface area contributed by atoms with Gasteiger partial charge in [0.15, 0.2) is 0 Å². The minimum atomic E-state index is 0.783. The van der Waals surface area contributed by atoms with Crippen LogP contribution in [-0.4, -0.2) is 37.1 Å². The number of nitrogens with one attached hydrogen (secondary N) is 1. The summed E-state index contributed by atoms with van der Waals surface area (Å²) in [5.41, 5.74) is 0. The Morgan fingerprint density at radius 3 is 2.39 bits per heavy atom. The van der Waals surface area contributed by atoms with Crippen molar-refractivity contribution in [1.82, 2.24) is 10.2 Å². The molecule has 2 nitrogen and oxygen atoms in total. The molecule has 3 unspecified atom stereocenters. The Balaban J connectivity index is 1.83. The monoisotopic (exact) mass is 252 g/mol. The van der Waals surface area contributed by atoms with Gasteiger partial charge in [0.25, 0.3) is 0 Å². The second-order valence-electron chi connectivity index (χ2n) is 6.83. The van der Waals surface area contributed by atoms with Gasteiger partial charge in [-0.2, -0.15) is 0 Å². The third kappa shape index (κ3) is 3.96. The van der Waals surface area contributed by atoms with Crippen molar-refractivity contribution in [1.29, 1.82) is 0 Å². The van der Waals surface area contributed by atoms with E-state index >= 15 is 0 Å². The SMILES string of the molecule is CCNC1CCC(C)CC1CN1CCC(C)CC1. The molecule has 1 aliphatic carbocycles. The largest absolute Gasteiger partial charge is 0.314 e. The van der Waals surface area contributed by atoms with Gasteiger partial charge >= 0.3 is 0 Å². The predicted molar refractivity (Wildman–Crippen MR) is 78.8 cm³/mol. The molecule has 0 aromatic heterocycles. The number of likely N-dealkylation sites (tertiary alicyclic amines) is 1. The van der Waals surface area contributed by atoms with Crippen LogP contribution in [0.3, 0.4) is 0 Å². The van der Waals surface area contributed by atoms with E-state index in [0.29, 0.717) is 0 Å². The molecule has 1 aliphatic heterocycles. The maximum Gasteiger partial charge on any atom is 0.0108 e. The molecule has 2 aliphatic rings. The second-order valence-corrected chi connectivity index (χ2v) is 6.83. The molecule has 0 aromatic rings. The molecule has 0 radical (unpaired) electrons. The van der Waals surface area contributed by atoms with Crippen molar-refractivity contribution >= 4 is 0 Å². The van der Waals surface area contributed by atoms with E-state index in [9.17, 15) is 0 Å². The zero-order chi connectivity index (χ0) is 13.0. The molecule has 2 rings (SSSR count). The van der Waals surface area contributed by atoms with Crippen LogP contribution < -0.4 is 5.32 Å². The Morgan fingerprint density at radius 2 is 1.72 bits per heavy atom. The lowest BCUT2D eigenvalue weighted by atomic mass is 9.78. The molecule has 2 fully saturated rings. The summed E-state index contributed by atoms with van der Waals surface area (Å²) < 4.78 is 0. The van der Waals surface area contributed by atoms with E-state index in [1.54, 1.807) is 0 Å². The zero-order valence-electron chi connectivity index (χ0n) is 12.6. The fourth-order valence-electron chi connectivity index (χ4n) is 3.81. The molecule has 1 saturated carbocycles. The highest BCUT2D eigenvalue weighted by Gasteiger charge is 2.30. The van der Waals surface area contributed by atoms with Crippen LogP contribution in [-0.2, 0) is 0 Å². The van der Waals surface area contributed by atoms with E-state index in [-0.39, 0.29) is 0 Å². The normalized spacial score (nSPS) is 35.8. The molecular weight excluding hydrogens is 220 g/mol. The minimum absolute atomic E-state index is 0.783. The molecule has 1 saturated heterocycles. The van der Waals surface area contributed by atoms with Gasteiger partial charge < -0.3 is 10.2 Å². The smallest absolute Gasteiger partial charge is 0.0108 e. The summed E-state index contributed by atoms with van der Waals surface area (Å²) in [6, 6.07) is 0.783. The number of nitrogens with zero attached hydrogens (tertiary/aromatic N) is 1. The summed E-state index contributed by atoms with van der Waals surface area (Å²) in [7, 11) is 0. The van der Waals surface area contributed by atoms with Crippen LogP contribution in [0.15, 0.2) is 0 Å². The molecule has 1 heterocycles. The molecule has 106 valence electrons. The van der Waals surface area contributed by atoms with Gasteiger partial charge in [0.1, 0.15) is 0 Å². The number of piperidine rings is 1. The van der Waals surface area contributed by atoms with Gasteiger partial charge in [-0.25, -0.2) is 0 Å². The van der Waals surface area contributed by atoms with Crippen LogP contribution in [0.4, 0.5) is 0 Å². The lowest BCUT2D eigenvalue weighted by Crippen LogP contribution is -2.47. The number of hydrogen-bond donors (Lipinski definition) is 1. The Morgan fingerprint density at radius 1 is 1.00 bits per heavy atom. The van der Waals surface area contributed by atoms with Gasteiger partial charge in [0.05, 0.1) is 0 Å². The van der Waals surface area contributed by atoms with Gasteiger partial charge in [0, 0.05) is 12.6 Å². The molecule has 0 amide bonds. The van der Waals surface area contributed by atoms with Gasteiger partial charge in [-0.05, 0) is 69.5 Å². The Kier molecular flexibility index (Phi) is 5.50. The summed E-state index contributed by atoms with van der Waals surface area (Å²) >= 11 is 0. The molecule has 0 spiro atoms. The van der Waals surface area contributed by atoms with E-state index in [2.05, 4.69) is 31.0 Å². The fraction of sp³-hybridized carbons (Fsp3) is 1.00. The highest BCUT2D eigenvalue weighted by atomic mass is 15.1. The van der Waals surface area contributed by atoms with E-state index < -0.39 is 0 Å². The average molecular weight is 252 g/mol. The minimum Gasteiger partial charge on any atom is -0.314 e. The summed E-state index contributed by atoms with van der Waals surface area (Å²) in [5, 5.41) is 3.73. The summed E-state index contributed by atoms with van der Waals surface area (Å²) in [6.07, 6.45) is 7.07. The van der Waals surface area contributed by atoms with Crippen molar-refractivity contribution < 1.29 is 0 Å². The molecule has 1 N–H and O–H groups in total. The molecule has 18 heavy (non-hydrogen) atoms. The lowest BCUT2D eigenvalue weighted by molar-refractivity contribution is 0.118. The van der Waals surface area contributed by atoms with Crippen molar-refractivity contribution in [2.24, 2.45) is 17.8 Å². The first-order valence-electron chi connectivity index (χ1n) is 8.14. The third-order valence-corrected chi connectivity index (χ3v) is 5.08. The summed E-state index contributed by atoms with van der Waals surface area (Å²) in [4.78, 5) is 2.73. The Labute approximate surface area is 114 Å². The topological polar surface area (TPSA) is 15.3 Å². The molecular formula is C16H32N2. The Hall–Kier alpha value is -0.0800. The molecule has 2 heteroatoms. The fourth-order valence-corrected chi connectivity index (χ4v) is 3.81. The van der Waals surface area contributed by atoms with Crippen LogP contribution in [0, 0.1) is 17.8 Å². The third-order valence-electron chi connectivity index (χ3n) is 5.08. The zero-order valence-corrected chi connectivity index (χ0v) is 12.6. The molecule has 0 bridgehead atoms. The standard InChI is InChI=1S/C16H32N2/c1-4-17-16-6-5-14(3)11-15(16)12-18-9-7-13(2)8-10-18/h13-17H,4-12H2,1-3H3. The van der Waals surface area contributed by atoms with E-state index in [4.69, 9.17) is 0 Å². The quantitative estimate of drug-likeness (QED) is 0.827. The number of rotatable bonds is 4. The second kappa shape index (κ2) is 6.91. The molecule has 0 aromatic carbocycles. The van der Waals surface area contributed by atoms with Crippen molar-refractivity contribution in [3.63, 3.8) is 0 Å². The first-order valence-corrected chi connectivity index (χ1v) is 8.14. The van der Waals surface area contributed by atoms with Crippen LogP contribution in [0.5, 0.6) is 0 Å². The highest BCUT2D eigenvalue weighted by molar-refractivity contribution is 4.86.